The number of thiophene rings is 2. The Hall–Kier alpha value is -1.46. The molecule has 2 aromatic heterocycles. The van der Waals surface area contributed by atoms with E-state index in [2.05, 4.69) is 20.8 Å². The molecular formula is C19H22O3S2. The summed E-state index contributed by atoms with van der Waals surface area (Å²) in [6, 6.07) is 3.75. The van der Waals surface area contributed by atoms with E-state index < -0.39 is 11.9 Å². The van der Waals surface area contributed by atoms with Crippen molar-refractivity contribution in [2.75, 3.05) is 0 Å². The average molecular weight is 363 g/mol. The first kappa shape index (κ1) is 17.4. The van der Waals surface area contributed by atoms with Gasteiger partial charge in [-0.15, -0.1) is 22.7 Å². The number of fused-ring (bicyclic) bond motifs is 1. The predicted octanol–water partition coefficient (Wildman–Crippen LogP) is 5.30. The molecule has 0 amide bonds. The Labute approximate surface area is 150 Å². The van der Waals surface area contributed by atoms with Crippen molar-refractivity contribution in [1.82, 2.24) is 0 Å². The lowest BCUT2D eigenvalue weighted by molar-refractivity contribution is -0.138. The first-order valence-electron chi connectivity index (χ1n) is 8.40. The van der Waals surface area contributed by atoms with Gasteiger partial charge in [0.15, 0.2) is 0 Å². The predicted molar refractivity (Wildman–Crippen MR) is 98.6 cm³/mol. The van der Waals surface area contributed by atoms with E-state index in [1.807, 2.05) is 17.5 Å². The molecule has 2 unspecified atom stereocenters. The Morgan fingerprint density at radius 3 is 2.67 bits per heavy atom. The third-order valence-electron chi connectivity index (χ3n) is 4.65. The molecule has 2 atom stereocenters. The molecular weight excluding hydrogens is 340 g/mol. The molecule has 0 saturated heterocycles. The van der Waals surface area contributed by atoms with Crippen LogP contribution in [0.15, 0.2) is 17.5 Å². The van der Waals surface area contributed by atoms with Crippen LogP contribution >= 0.6 is 22.7 Å². The maximum atomic E-state index is 13.1. The van der Waals surface area contributed by atoms with Crippen molar-refractivity contribution in [3.63, 3.8) is 0 Å². The van der Waals surface area contributed by atoms with E-state index in [4.69, 9.17) is 0 Å². The number of hydrogen-bond acceptors (Lipinski definition) is 4. The van der Waals surface area contributed by atoms with Crippen LogP contribution in [0.1, 0.15) is 76.0 Å². The Kier molecular flexibility index (Phi) is 4.92. The van der Waals surface area contributed by atoms with Gasteiger partial charge in [0.1, 0.15) is 0 Å². The molecule has 1 aliphatic carbocycles. The van der Waals surface area contributed by atoms with Gasteiger partial charge in [0, 0.05) is 15.3 Å². The number of rotatable bonds is 6. The lowest BCUT2D eigenvalue weighted by Gasteiger charge is -2.13. The number of hydrogen-bond donors (Lipinski definition) is 1. The summed E-state index contributed by atoms with van der Waals surface area (Å²) in [4.78, 5) is 27.6. The van der Waals surface area contributed by atoms with Crippen LogP contribution in [-0.4, -0.2) is 16.9 Å². The van der Waals surface area contributed by atoms with Crippen LogP contribution in [-0.2, 0) is 11.2 Å². The molecule has 0 aliphatic heterocycles. The van der Waals surface area contributed by atoms with E-state index in [1.54, 1.807) is 11.3 Å². The standard InChI is InChI=1S/C19H22O3S2/c1-4-11-9-12(19(21)22)18-15(11)16(14(24-18)8-10(2)3)17(20)13-6-5-7-23-13/h5-7,10-12H,4,8-9H2,1-3H3,(H,21,22). The van der Waals surface area contributed by atoms with Crippen LogP contribution < -0.4 is 0 Å². The second-order valence-electron chi connectivity index (χ2n) is 6.81. The molecule has 24 heavy (non-hydrogen) atoms. The van der Waals surface area contributed by atoms with Crippen LogP contribution in [0.2, 0.25) is 0 Å². The van der Waals surface area contributed by atoms with Crippen molar-refractivity contribution >= 4 is 34.4 Å². The van der Waals surface area contributed by atoms with Crippen molar-refractivity contribution in [2.45, 2.75) is 51.9 Å². The molecule has 0 spiro atoms. The first-order chi connectivity index (χ1) is 11.4. The van der Waals surface area contributed by atoms with Crippen LogP contribution in [0, 0.1) is 5.92 Å². The minimum Gasteiger partial charge on any atom is -0.481 e. The van der Waals surface area contributed by atoms with E-state index in [0.29, 0.717) is 12.3 Å². The van der Waals surface area contributed by atoms with Gasteiger partial charge in [-0.2, -0.15) is 0 Å². The highest BCUT2D eigenvalue weighted by atomic mass is 32.1. The highest BCUT2D eigenvalue weighted by molar-refractivity contribution is 7.14. The number of carboxylic acid groups (broad SMARTS) is 1. The Morgan fingerprint density at radius 2 is 2.12 bits per heavy atom. The van der Waals surface area contributed by atoms with Crippen molar-refractivity contribution in [2.24, 2.45) is 5.92 Å². The lowest BCUT2D eigenvalue weighted by Crippen LogP contribution is -2.08. The summed E-state index contributed by atoms with van der Waals surface area (Å²) in [5.74, 6) is -0.535. The Balaban J connectivity index is 2.16. The van der Waals surface area contributed by atoms with E-state index >= 15 is 0 Å². The quantitative estimate of drug-likeness (QED) is 0.709. The average Bonchev–Trinajstić information content (AvgIpc) is 3.20. The van der Waals surface area contributed by atoms with E-state index in [0.717, 1.165) is 38.6 Å². The van der Waals surface area contributed by atoms with Crippen molar-refractivity contribution < 1.29 is 14.7 Å². The third kappa shape index (κ3) is 2.95. The molecule has 0 radical (unpaired) electrons. The summed E-state index contributed by atoms with van der Waals surface area (Å²) in [5.41, 5.74) is 1.84. The third-order valence-corrected chi connectivity index (χ3v) is 6.86. The number of carbonyl (C=O) groups is 2. The summed E-state index contributed by atoms with van der Waals surface area (Å²) in [6.45, 7) is 6.35. The first-order valence-corrected chi connectivity index (χ1v) is 10.1. The molecule has 0 aromatic carbocycles. The van der Waals surface area contributed by atoms with Gasteiger partial charge in [0.25, 0.3) is 0 Å². The molecule has 5 heteroatoms. The minimum absolute atomic E-state index is 0.0719. The van der Waals surface area contributed by atoms with Crippen molar-refractivity contribution in [3.8, 4) is 0 Å². The zero-order chi connectivity index (χ0) is 17.4. The molecule has 1 N–H and O–H groups in total. The molecule has 3 nitrogen and oxygen atoms in total. The Bertz CT molecular complexity index is 756. The number of aliphatic carboxylic acids is 1. The molecule has 3 rings (SSSR count). The second-order valence-corrected chi connectivity index (χ2v) is 8.90. The maximum Gasteiger partial charge on any atom is 0.311 e. The van der Waals surface area contributed by atoms with Crippen LogP contribution in [0.25, 0.3) is 0 Å². The summed E-state index contributed by atoms with van der Waals surface area (Å²) >= 11 is 3.02. The van der Waals surface area contributed by atoms with E-state index in [9.17, 15) is 14.7 Å². The van der Waals surface area contributed by atoms with Crippen LogP contribution in [0.5, 0.6) is 0 Å². The normalized spacial score (nSPS) is 19.7. The summed E-state index contributed by atoms with van der Waals surface area (Å²) < 4.78 is 0. The fourth-order valence-electron chi connectivity index (χ4n) is 3.56. The highest BCUT2D eigenvalue weighted by Gasteiger charge is 2.41. The molecule has 0 saturated carbocycles. The van der Waals surface area contributed by atoms with E-state index in [-0.39, 0.29) is 11.7 Å². The van der Waals surface area contributed by atoms with Crippen LogP contribution in [0.4, 0.5) is 0 Å². The SMILES string of the molecule is CCC1CC(C(=O)O)c2sc(CC(C)C)c(C(=O)c3cccs3)c21. The van der Waals surface area contributed by atoms with Gasteiger partial charge in [-0.05, 0) is 48.1 Å². The highest BCUT2D eigenvalue weighted by Crippen LogP contribution is 2.51. The molecule has 2 heterocycles. The lowest BCUT2D eigenvalue weighted by atomic mass is 9.91. The largest absolute Gasteiger partial charge is 0.481 e. The molecule has 128 valence electrons. The number of carbonyl (C=O) groups excluding carboxylic acids is 1. The molecule has 0 bridgehead atoms. The topological polar surface area (TPSA) is 54.4 Å². The van der Waals surface area contributed by atoms with Gasteiger partial charge >= 0.3 is 5.97 Å². The van der Waals surface area contributed by atoms with Crippen LogP contribution in [0.3, 0.4) is 0 Å². The van der Waals surface area contributed by atoms with E-state index in [1.165, 1.54) is 11.3 Å². The smallest absolute Gasteiger partial charge is 0.311 e. The maximum absolute atomic E-state index is 13.1. The monoisotopic (exact) mass is 362 g/mol. The zero-order valence-corrected chi connectivity index (χ0v) is 15.8. The van der Waals surface area contributed by atoms with Crippen molar-refractivity contribution in [1.29, 1.82) is 0 Å². The summed E-state index contributed by atoms with van der Waals surface area (Å²) in [7, 11) is 0. The van der Waals surface area contributed by atoms with Gasteiger partial charge in [-0.3, -0.25) is 9.59 Å². The zero-order valence-electron chi connectivity index (χ0n) is 14.2. The van der Waals surface area contributed by atoms with Gasteiger partial charge in [-0.1, -0.05) is 26.8 Å². The number of ketones is 1. The van der Waals surface area contributed by atoms with Crippen molar-refractivity contribution in [3.05, 3.63) is 43.3 Å². The minimum atomic E-state index is -0.764. The molecule has 1 aliphatic rings. The van der Waals surface area contributed by atoms with Gasteiger partial charge in [-0.25, -0.2) is 0 Å². The van der Waals surface area contributed by atoms with Gasteiger partial charge in [0.05, 0.1) is 10.8 Å². The fraction of sp³-hybridized carbons (Fsp3) is 0.474. The summed E-state index contributed by atoms with van der Waals surface area (Å²) in [5, 5.41) is 11.5. The Morgan fingerprint density at radius 1 is 1.38 bits per heavy atom. The number of carboxylic acids is 1. The second kappa shape index (κ2) is 6.81. The van der Waals surface area contributed by atoms with Gasteiger partial charge < -0.3 is 5.11 Å². The van der Waals surface area contributed by atoms with Gasteiger partial charge in [0.2, 0.25) is 5.78 Å². The fourth-order valence-corrected chi connectivity index (χ4v) is 5.94. The summed E-state index contributed by atoms with van der Waals surface area (Å²) in [6.07, 6.45) is 2.33. The molecule has 0 fully saturated rings. The molecule has 2 aromatic rings.